The summed E-state index contributed by atoms with van der Waals surface area (Å²) in [4.78, 5) is 21.3. The molecule has 0 aliphatic heterocycles. The molecule has 0 atom stereocenters. The fourth-order valence-electron chi connectivity index (χ4n) is 2.15. The fraction of sp³-hybridized carbons (Fsp3) is 0.412. The molecule has 0 aliphatic rings. The van der Waals surface area contributed by atoms with Gasteiger partial charge in [0.1, 0.15) is 20.0 Å². The first-order valence-corrected chi connectivity index (χ1v) is 11.2. The molecule has 2 rings (SSSR count). The second-order valence-corrected chi connectivity index (χ2v) is 9.97. The Labute approximate surface area is 183 Å². The highest BCUT2D eigenvalue weighted by molar-refractivity contribution is 8.23. The van der Waals surface area contributed by atoms with Crippen molar-refractivity contribution in [2.45, 2.75) is 0 Å². The molecule has 10 heteroatoms. The maximum absolute atomic E-state index is 13.3. The van der Waals surface area contributed by atoms with Crippen LogP contribution in [0.2, 0.25) is 5.02 Å². The van der Waals surface area contributed by atoms with Crippen molar-refractivity contribution in [3.05, 3.63) is 35.2 Å². The summed E-state index contributed by atoms with van der Waals surface area (Å²) in [5, 5.41) is 0.553. The number of hydrogen-bond acceptors (Lipinski definition) is 6. The van der Waals surface area contributed by atoms with Gasteiger partial charge in [-0.25, -0.2) is 4.98 Å². The standard InChI is InChI=1S/C17H21ClN4OS4/c1-20(2)16(24)26-9-11(10-27-17(25)21(3)4)15(23)13-7-19-14-6-5-12(18)8-22(13)14/h5-8,11H,9-10H2,1-4H3. The van der Waals surface area contributed by atoms with Crippen LogP contribution in [0.3, 0.4) is 0 Å². The molecule has 0 spiro atoms. The van der Waals surface area contributed by atoms with Crippen LogP contribution in [-0.4, -0.2) is 73.3 Å². The van der Waals surface area contributed by atoms with Crippen LogP contribution in [0.5, 0.6) is 0 Å². The Balaban J connectivity index is 2.23. The number of carbonyl (C=O) groups is 1. The SMILES string of the molecule is CN(C)C(=S)SCC(CSC(=S)N(C)C)C(=O)c1cnc2ccc(Cl)cn12. The van der Waals surface area contributed by atoms with Crippen LogP contribution in [0.25, 0.3) is 5.65 Å². The monoisotopic (exact) mass is 460 g/mol. The summed E-state index contributed by atoms with van der Waals surface area (Å²) in [7, 11) is 7.59. The number of fused-ring (bicyclic) bond motifs is 1. The van der Waals surface area contributed by atoms with E-state index < -0.39 is 0 Å². The number of hydrogen-bond donors (Lipinski definition) is 0. The molecule has 0 fully saturated rings. The van der Waals surface area contributed by atoms with Crippen molar-refractivity contribution >= 4 is 79.6 Å². The number of nitrogens with zero attached hydrogens (tertiary/aromatic N) is 4. The van der Waals surface area contributed by atoms with E-state index in [9.17, 15) is 4.79 Å². The number of pyridine rings is 1. The average Bonchev–Trinajstić information content (AvgIpc) is 3.03. The number of thiocarbonyl (C=S) groups is 2. The Morgan fingerprint density at radius 2 is 1.70 bits per heavy atom. The number of Topliss-reactive ketones (excluding diaryl/α,β-unsaturated/α-hetero) is 1. The molecule has 0 aliphatic carbocycles. The molecule has 0 amide bonds. The van der Waals surface area contributed by atoms with Gasteiger partial charge in [0.15, 0.2) is 5.78 Å². The van der Waals surface area contributed by atoms with Crippen molar-refractivity contribution in [2.24, 2.45) is 5.92 Å². The highest BCUT2D eigenvalue weighted by Gasteiger charge is 2.25. The van der Waals surface area contributed by atoms with Crippen molar-refractivity contribution in [3.63, 3.8) is 0 Å². The van der Waals surface area contributed by atoms with Crippen molar-refractivity contribution in [1.82, 2.24) is 19.2 Å². The van der Waals surface area contributed by atoms with Crippen molar-refractivity contribution in [3.8, 4) is 0 Å². The van der Waals surface area contributed by atoms with Crippen LogP contribution in [0, 0.1) is 5.92 Å². The van der Waals surface area contributed by atoms with Gasteiger partial charge >= 0.3 is 0 Å². The first-order chi connectivity index (χ1) is 12.7. The van der Waals surface area contributed by atoms with Crippen LogP contribution in [0.4, 0.5) is 0 Å². The minimum Gasteiger partial charge on any atom is -0.364 e. The van der Waals surface area contributed by atoms with Crippen LogP contribution >= 0.6 is 59.6 Å². The third-order valence-corrected chi connectivity index (χ3v) is 7.66. The van der Waals surface area contributed by atoms with E-state index in [4.69, 9.17) is 36.0 Å². The summed E-state index contributed by atoms with van der Waals surface area (Å²) >= 11 is 19.8. The fourth-order valence-corrected chi connectivity index (χ4v) is 4.61. The van der Waals surface area contributed by atoms with Gasteiger partial charge in [0.25, 0.3) is 0 Å². The normalized spacial score (nSPS) is 11.0. The van der Waals surface area contributed by atoms with Crippen LogP contribution in [-0.2, 0) is 0 Å². The quantitative estimate of drug-likeness (QED) is 0.474. The number of aromatic nitrogens is 2. The number of halogens is 1. The third-order valence-electron chi connectivity index (χ3n) is 3.64. The predicted molar refractivity (Wildman–Crippen MR) is 126 cm³/mol. The van der Waals surface area contributed by atoms with Crippen LogP contribution in [0.15, 0.2) is 24.5 Å². The molecule has 27 heavy (non-hydrogen) atoms. The highest BCUT2D eigenvalue weighted by atomic mass is 35.5. The van der Waals surface area contributed by atoms with E-state index in [0.29, 0.717) is 27.9 Å². The lowest BCUT2D eigenvalue weighted by molar-refractivity contribution is 0.0938. The zero-order chi connectivity index (χ0) is 20.1. The Hall–Kier alpha value is -0.870. The van der Waals surface area contributed by atoms with E-state index in [-0.39, 0.29) is 11.7 Å². The first kappa shape index (κ1) is 22.4. The third kappa shape index (κ3) is 6.05. The van der Waals surface area contributed by atoms with Crippen molar-refractivity contribution in [2.75, 3.05) is 39.7 Å². The second-order valence-electron chi connectivity index (χ2n) is 6.22. The first-order valence-electron chi connectivity index (χ1n) is 8.05. The van der Waals surface area contributed by atoms with Gasteiger partial charge < -0.3 is 9.80 Å². The summed E-state index contributed by atoms with van der Waals surface area (Å²) in [5.41, 5.74) is 1.21. The summed E-state index contributed by atoms with van der Waals surface area (Å²) in [5.74, 6) is 0.905. The Morgan fingerprint density at radius 3 is 2.22 bits per heavy atom. The van der Waals surface area contributed by atoms with Crippen LogP contribution in [0.1, 0.15) is 10.5 Å². The lowest BCUT2D eigenvalue weighted by Gasteiger charge is -2.19. The maximum atomic E-state index is 13.3. The van der Waals surface area contributed by atoms with E-state index in [1.807, 2.05) is 38.0 Å². The Kier molecular flexibility index (Phi) is 8.36. The van der Waals surface area contributed by atoms with Crippen LogP contribution < -0.4 is 0 Å². The largest absolute Gasteiger partial charge is 0.364 e. The van der Waals surface area contributed by atoms with E-state index in [1.54, 1.807) is 28.9 Å². The summed E-state index contributed by atoms with van der Waals surface area (Å²) in [6.07, 6.45) is 3.31. The zero-order valence-corrected chi connectivity index (χ0v) is 19.5. The minimum atomic E-state index is -0.255. The highest BCUT2D eigenvalue weighted by Crippen LogP contribution is 2.23. The summed E-state index contributed by atoms with van der Waals surface area (Å²) < 4.78 is 3.23. The van der Waals surface area contributed by atoms with Gasteiger partial charge in [-0.1, -0.05) is 59.6 Å². The summed E-state index contributed by atoms with van der Waals surface area (Å²) in [6, 6.07) is 3.55. The number of thioether (sulfide) groups is 2. The van der Waals surface area contributed by atoms with E-state index in [0.717, 1.165) is 8.64 Å². The Morgan fingerprint density at radius 1 is 1.15 bits per heavy atom. The van der Waals surface area contributed by atoms with Crippen molar-refractivity contribution in [1.29, 1.82) is 0 Å². The molecule has 0 aromatic carbocycles. The molecule has 0 radical (unpaired) electrons. The zero-order valence-electron chi connectivity index (χ0n) is 15.5. The maximum Gasteiger partial charge on any atom is 0.185 e. The van der Waals surface area contributed by atoms with Gasteiger partial charge in [0.2, 0.25) is 0 Å². The molecule has 2 aromatic rings. The smallest absolute Gasteiger partial charge is 0.185 e. The second kappa shape index (κ2) is 10.1. The van der Waals surface area contributed by atoms with Gasteiger partial charge in [0.05, 0.1) is 11.2 Å². The van der Waals surface area contributed by atoms with Gasteiger partial charge in [-0.3, -0.25) is 9.20 Å². The van der Waals surface area contributed by atoms with Gasteiger partial charge in [-0.15, -0.1) is 0 Å². The van der Waals surface area contributed by atoms with Crippen molar-refractivity contribution < 1.29 is 4.79 Å². The van der Waals surface area contributed by atoms with Gasteiger partial charge in [-0.2, -0.15) is 0 Å². The van der Waals surface area contributed by atoms with E-state index in [2.05, 4.69) is 4.98 Å². The molecule has 0 saturated carbocycles. The minimum absolute atomic E-state index is 0.00730. The summed E-state index contributed by atoms with van der Waals surface area (Å²) in [6.45, 7) is 0. The molecule has 5 nitrogen and oxygen atoms in total. The van der Waals surface area contributed by atoms with Gasteiger partial charge in [0, 0.05) is 51.8 Å². The lowest BCUT2D eigenvalue weighted by Crippen LogP contribution is -2.26. The number of carbonyl (C=O) groups excluding carboxylic acids is 1. The molecule has 0 bridgehead atoms. The predicted octanol–water partition coefficient (Wildman–Crippen LogP) is 3.95. The molecule has 146 valence electrons. The molecule has 0 saturated heterocycles. The molecule has 2 aromatic heterocycles. The number of ketones is 1. The van der Waals surface area contributed by atoms with Gasteiger partial charge in [-0.05, 0) is 12.1 Å². The Bertz CT molecular complexity index is 829. The molecule has 0 N–H and O–H groups in total. The lowest BCUT2D eigenvalue weighted by atomic mass is 10.1. The molecule has 0 unspecified atom stereocenters. The number of imidazole rings is 1. The molecule has 2 heterocycles. The number of rotatable bonds is 6. The van der Waals surface area contributed by atoms with E-state index >= 15 is 0 Å². The average molecular weight is 461 g/mol. The molecular formula is C17H21ClN4OS4. The molecular weight excluding hydrogens is 440 g/mol. The van der Waals surface area contributed by atoms with E-state index in [1.165, 1.54) is 23.5 Å². The topological polar surface area (TPSA) is 40.8 Å².